The Kier molecular flexibility index (Phi) is 3.25. The highest BCUT2D eigenvalue weighted by Crippen LogP contribution is 2.33. The Hall–Kier alpha value is -2.56. The number of carbonyl (C=O) groups excluding carboxylic acids is 1. The van der Waals surface area contributed by atoms with E-state index >= 15 is 0 Å². The first-order valence-corrected chi connectivity index (χ1v) is 6.57. The van der Waals surface area contributed by atoms with Gasteiger partial charge in [0.2, 0.25) is 5.91 Å². The number of nitrogens with one attached hydrogen (secondary N) is 3. The van der Waals surface area contributed by atoms with E-state index in [4.69, 9.17) is 0 Å². The number of aromatic amines is 1. The van der Waals surface area contributed by atoms with Crippen LogP contribution in [0.5, 0.6) is 0 Å². The lowest BCUT2D eigenvalue weighted by atomic mass is 9.95. The molecule has 2 heterocycles. The van der Waals surface area contributed by atoms with Crippen LogP contribution in [0.1, 0.15) is 24.6 Å². The van der Waals surface area contributed by atoms with E-state index in [1.54, 1.807) is 12.5 Å². The van der Waals surface area contributed by atoms with Crippen LogP contribution >= 0.6 is 0 Å². The van der Waals surface area contributed by atoms with Gasteiger partial charge in [0.15, 0.2) is 0 Å². The van der Waals surface area contributed by atoms with Crippen LogP contribution in [0.25, 0.3) is 11.6 Å². The van der Waals surface area contributed by atoms with Crippen molar-refractivity contribution in [2.24, 2.45) is 0 Å². The fraction of sp³-hybridized carbons (Fsp3) is 0.200. The number of anilines is 2. The smallest absolute Gasteiger partial charge is 0.221 e. The van der Waals surface area contributed by atoms with E-state index < -0.39 is 0 Å². The Morgan fingerprint density at radius 1 is 1.45 bits per heavy atom. The van der Waals surface area contributed by atoms with Crippen LogP contribution < -0.4 is 10.6 Å². The summed E-state index contributed by atoms with van der Waals surface area (Å²) in [5.41, 5.74) is 5.25. The van der Waals surface area contributed by atoms with Gasteiger partial charge < -0.3 is 15.6 Å². The maximum absolute atomic E-state index is 11.2. The third-order valence-electron chi connectivity index (χ3n) is 3.24. The lowest BCUT2D eigenvalue weighted by molar-refractivity contribution is -0.114. The molecule has 1 aliphatic heterocycles. The molecule has 0 spiro atoms. The molecule has 1 amide bonds. The van der Waals surface area contributed by atoms with Crippen LogP contribution in [0.3, 0.4) is 0 Å². The maximum Gasteiger partial charge on any atom is 0.221 e. The first kappa shape index (κ1) is 12.5. The highest BCUT2D eigenvalue weighted by Gasteiger charge is 2.14. The number of carbonyl (C=O) groups is 1. The van der Waals surface area contributed by atoms with Crippen LogP contribution in [0.15, 0.2) is 30.7 Å². The highest BCUT2D eigenvalue weighted by molar-refractivity contribution is 5.93. The molecule has 0 saturated heterocycles. The summed E-state index contributed by atoms with van der Waals surface area (Å²) in [5, 5.41) is 6.19. The van der Waals surface area contributed by atoms with E-state index in [0.717, 1.165) is 35.6 Å². The lowest BCUT2D eigenvalue weighted by Crippen LogP contribution is -2.12. The average molecular weight is 268 g/mol. The van der Waals surface area contributed by atoms with E-state index in [1.165, 1.54) is 12.5 Å². The first-order chi connectivity index (χ1) is 9.72. The van der Waals surface area contributed by atoms with Crippen LogP contribution in [-0.2, 0) is 4.79 Å². The molecule has 0 saturated carbocycles. The summed E-state index contributed by atoms with van der Waals surface area (Å²) < 4.78 is 0. The molecule has 5 nitrogen and oxygen atoms in total. The number of fused-ring (bicyclic) bond motifs is 1. The number of H-pyrrole nitrogens is 1. The number of rotatable bonds is 2. The van der Waals surface area contributed by atoms with Crippen molar-refractivity contribution in [1.29, 1.82) is 0 Å². The predicted molar refractivity (Wildman–Crippen MR) is 80.3 cm³/mol. The van der Waals surface area contributed by atoms with Crippen molar-refractivity contribution in [3.05, 3.63) is 42.0 Å². The molecule has 0 bridgehead atoms. The molecule has 3 rings (SSSR count). The summed E-state index contributed by atoms with van der Waals surface area (Å²) in [6.45, 7) is 2.42. The summed E-state index contributed by atoms with van der Waals surface area (Å²) in [6, 6.07) is 5.91. The molecule has 2 aromatic rings. The molecule has 1 aliphatic rings. The van der Waals surface area contributed by atoms with E-state index in [0.29, 0.717) is 0 Å². The van der Waals surface area contributed by atoms with E-state index in [2.05, 4.69) is 26.7 Å². The molecule has 5 heteroatoms. The summed E-state index contributed by atoms with van der Waals surface area (Å²) in [4.78, 5) is 18.3. The molecular formula is C15H16N4O. The second-order valence-corrected chi connectivity index (χ2v) is 4.79. The topological polar surface area (TPSA) is 69.8 Å². The molecule has 0 atom stereocenters. The minimum Gasteiger partial charge on any atom is -0.384 e. The van der Waals surface area contributed by atoms with Gasteiger partial charge in [-0.15, -0.1) is 0 Å². The number of nitrogens with zero attached hydrogens (tertiary/aromatic N) is 1. The van der Waals surface area contributed by atoms with E-state index in [9.17, 15) is 4.79 Å². The number of imidazole rings is 1. The number of amides is 1. The van der Waals surface area contributed by atoms with Gasteiger partial charge in [-0.2, -0.15) is 0 Å². The SMILES string of the molecule is CC(=O)Nc1ccc2c(c1)/C(=C/c1cnc[nH]1)CCN2. The van der Waals surface area contributed by atoms with Crippen molar-refractivity contribution >= 4 is 28.9 Å². The summed E-state index contributed by atoms with van der Waals surface area (Å²) >= 11 is 0. The van der Waals surface area contributed by atoms with E-state index in [1.807, 2.05) is 18.2 Å². The van der Waals surface area contributed by atoms with Crippen LogP contribution in [-0.4, -0.2) is 22.4 Å². The van der Waals surface area contributed by atoms with Gasteiger partial charge in [-0.1, -0.05) is 0 Å². The van der Waals surface area contributed by atoms with Gasteiger partial charge in [0, 0.05) is 30.4 Å². The molecule has 1 aromatic heterocycles. The molecule has 102 valence electrons. The molecule has 0 unspecified atom stereocenters. The first-order valence-electron chi connectivity index (χ1n) is 6.57. The van der Waals surface area contributed by atoms with Gasteiger partial charge in [0.25, 0.3) is 0 Å². The summed E-state index contributed by atoms with van der Waals surface area (Å²) in [5.74, 6) is -0.0622. The monoisotopic (exact) mass is 268 g/mol. The molecule has 1 aromatic carbocycles. The number of benzene rings is 1. The fourth-order valence-electron chi connectivity index (χ4n) is 2.39. The minimum absolute atomic E-state index is 0.0622. The van der Waals surface area contributed by atoms with Crippen molar-refractivity contribution in [2.45, 2.75) is 13.3 Å². The second kappa shape index (κ2) is 5.21. The molecule has 0 fully saturated rings. The quantitative estimate of drug-likeness (QED) is 0.784. The highest BCUT2D eigenvalue weighted by atomic mass is 16.1. The maximum atomic E-state index is 11.2. The number of hydrogen-bond donors (Lipinski definition) is 3. The zero-order valence-corrected chi connectivity index (χ0v) is 11.2. The van der Waals surface area contributed by atoms with Crippen LogP contribution in [0.4, 0.5) is 11.4 Å². The second-order valence-electron chi connectivity index (χ2n) is 4.79. The van der Waals surface area contributed by atoms with Gasteiger partial charge >= 0.3 is 0 Å². The van der Waals surface area contributed by atoms with Gasteiger partial charge in [-0.05, 0) is 36.3 Å². The Labute approximate surface area is 117 Å². The molecule has 3 N–H and O–H groups in total. The standard InChI is InChI=1S/C15H16N4O/c1-10(20)19-12-2-3-15-14(7-12)11(4-5-17-15)6-13-8-16-9-18-13/h2-3,6-9,17H,4-5H2,1H3,(H,16,18)(H,19,20)/b11-6+. The van der Waals surface area contributed by atoms with Crippen molar-refractivity contribution in [1.82, 2.24) is 9.97 Å². The third-order valence-corrected chi connectivity index (χ3v) is 3.24. The Morgan fingerprint density at radius 2 is 2.35 bits per heavy atom. The van der Waals surface area contributed by atoms with Crippen LogP contribution in [0.2, 0.25) is 0 Å². The number of aromatic nitrogens is 2. The zero-order chi connectivity index (χ0) is 13.9. The minimum atomic E-state index is -0.0622. The fourth-order valence-corrected chi connectivity index (χ4v) is 2.39. The largest absolute Gasteiger partial charge is 0.384 e. The van der Waals surface area contributed by atoms with Crippen molar-refractivity contribution in [2.75, 3.05) is 17.2 Å². The summed E-state index contributed by atoms with van der Waals surface area (Å²) in [6.07, 6.45) is 6.51. The zero-order valence-electron chi connectivity index (χ0n) is 11.2. The predicted octanol–water partition coefficient (Wildman–Crippen LogP) is 2.72. The van der Waals surface area contributed by atoms with Crippen molar-refractivity contribution in [3.63, 3.8) is 0 Å². The molecule has 20 heavy (non-hydrogen) atoms. The van der Waals surface area contributed by atoms with Crippen molar-refractivity contribution in [3.8, 4) is 0 Å². The van der Waals surface area contributed by atoms with Crippen molar-refractivity contribution < 1.29 is 4.79 Å². The van der Waals surface area contributed by atoms with Gasteiger partial charge in [0.1, 0.15) is 0 Å². The van der Waals surface area contributed by atoms with Crippen LogP contribution in [0, 0.1) is 0 Å². The molecule has 0 radical (unpaired) electrons. The van der Waals surface area contributed by atoms with E-state index in [-0.39, 0.29) is 5.91 Å². The number of hydrogen-bond acceptors (Lipinski definition) is 3. The molecular weight excluding hydrogens is 252 g/mol. The third kappa shape index (κ3) is 2.56. The van der Waals surface area contributed by atoms with Gasteiger partial charge in [0.05, 0.1) is 18.2 Å². The Morgan fingerprint density at radius 3 is 3.10 bits per heavy atom. The Balaban J connectivity index is 2.00. The van der Waals surface area contributed by atoms with Gasteiger partial charge in [-0.3, -0.25) is 4.79 Å². The summed E-state index contributed by atoms with van der Waals surface area (Å²) in [7, 11) is 0. The average Bonchev–Trinajstić information content (AvgIpc) is 2.92. The van der Waals surface area contributed by atoms with Gasteiger partial charge in [-0.25, -0.2) is 4.98 Å². The lowest BCUT2D eigenvalue weighted by Gasteiger charge is -2.21. The normalized spacial score (nSPS) is 15.6. The molecule has 0 aliphatic carbocycles. The Bertz CT molecular complexity index is 659.